The largest absolute Gasteiger partial charge is 0.354 e. The molecule has 0 radical (unpaired) electrons. The van der Waals surface area contributed by atoms with Crippen LogP contribution in [-0.2, 0) is 4.79 Å². The van der Waals surface area contributed by atoms with Crippen LogP contribution in [0, 0.1) is 0 Å². The van der Waals surface area contributed by atoms with Crippen LogP contribution in [0.25, 0.3) is 0 Å². The Hall–Kier alpha value is -0.870. The number of nitrogens with one attached hydrogen (secondary N) is 1. The molecule has 1 amide bonds. The van der Waals surface area contributed by atoms with Crippen LogP contribution in [-0.4, -0.2) is 30.4 Å². The van der Waals surface area contributed by atoms with Crippen molar-refractivity contribution in [2.45, 2.75) is 45.1 Å². The lowest BCUT2D eigenvalue weighted by Crippen LogP contribution is -2.36. The molecule has 0 aromatic carbocycles. The van der Waals surface area contributed by atoms with Gasteiger partial charge in [-0.15, -0.1) is 0 Å². The maximum absolute atomic E-state index is 11.8. The molecule has 0 saturated carbocycles. The number of hydrogen-bond acceptors (Lipinski definition) is 3. The number of likely N-dealkylation sites (tertiary alicyclic amines) is 1. The van der Waals surface area contributed by atoms with E-state index < -0.39 is 0 Å². The predicted octanol–water partition coefficient (Wildman–Crippen LogP) is 3.19. The SMILES string of the molecule is CCCCC(=O)NCC(c1ccsc1)N1CCCC1. The summed E-state index contributed by atoms with van der Waals surface area (Å²) in [7, 11) is 0. The average Bonchev–Trinajstić information content (AvgIpc) is 3.09. The Balaban J connectivity index is 1.89. The fraction of sp³-hybridized carbons (Fsp3) is 0.667. The van der Waals surface area contributed by atoms with E-state index in [0.29, 0.717) is 12.5 Å². The number of carbonyl (C=O) groups excluding carboxylic acids is 1. The van der Waals surface area contributed by atoms with Crippen molar-refractivity contribution in [3.63, 3.8) is 0 Å². The van der Waals surface area contributed by atoms with E-state index in [9.17, 15) is 4.79 Å². The van der Waals surface area contributed by atoms with Crippen molar-refractivity contribution in [1.29, 1.82) is 0 Å². The molecule has 1 atom stereocenters. The molecule has 19 heavy (non-hydrogen) atoms. The molecule has 2 rings (SSSR count). The molecular formula is C15H24N2OS. The van der Waals surface area contributed by atoms with Crippen molar-refractivity contribution in [2.24, 2.45) is 0 Å². The maximum atomic E-state index is 11.8. The fourth-order valence-electron chi connectivity index (χ4n) is 2.61. The highest BCUT2D eigenvalue weighted by Crippen LogP contribution is 2.26. The molecule has 1 aromatic rings. The topological polar surface area (TPSA) is 32.3 Å². The monoisotopic (exact) mass is 280 g/mol. The van der Waals surface area contributed by atoms with Gasteiger partial charge in [-0.25, -0.2) is 0 Å². The zero-order chi connectivity index (χ0) is 13.5. The van der Waals surface area contributed by atoms with E-state index in [1.165, 1.54) is 18.4 Å². The van der Waals surface area contributed by atoms with Crippen LogP contribution in [0.4, 0.5) is 0 Å². The lowest BCUT2D eigenvalue weighted by Gasteiger charge is -2.27. The van der Waals surface area contributed by atoms with Crippen molar-refractivity contribution in [2.75, 3.05) is 19.6 Å². The third-order valence-electron chi connectivity index (χ3n) is 3.76. The minimum absolute atomic E-state index is 0.196. The predicted molar refractivity (Wildman–Crippen MR) is 80.4 cm³/mol. The van der Waals surface area contributed by atoms with Gasteiger partial charge in [-0.05, 0) is 54.7 Å². The zero-order valence-corrected chi connectivity index (χ0v) is 12.5. The van der Waals surface area contributed by atoms with E-state index >= 15 is 0 Å². The second-order valence-corrected chi connectivity index (χ2v) is 6.00. The van der Waals surface area contributed by atoms with E-state index in [-0.39, 0.29) is 5.91 Å². The number of nitrogens with zero attached hydrogens (tertiary/aromatic N) is 1. The van der Waals surface area contributed by atoms with Crippen molar-refractivity contribution in [3.05, 3.63) is 22.4 Å². The third kappa shape index (κ3) is 4.32. The van der Waals surface area contributed by atoms with Crippen molar-refractivity contribution >= 4 is 17.2 Å². The Morgan fingerprint density at radius 3 is 2.89 bits per heavy atom. The van der Waals surface area contributed by atoms with Gasteiger partial charge in [-0.3, -0.25) is 9.69 Å². The fourth-order valence-corrected chi connectivity index (χ4v) is 3.32. The number of thiophene rings is 1. The maximum Gasteiger partial charge on any atom is 0.220 e. The van der Waals surface area contributed by atoms with Crippen LogP contribution < -0.4 is 5.32 Å². The van der Waals surface area contributed by atoms with Gasteiger partial charge in [0.1, 0.15) is 0 Å². The first kappa shape index (κ1) is 14.5. The van der Waals surface area contributed by atoms with Crippen molar-refractivity contribution < 1.29 is 4.79 Å². The second-order valence-electron chi connectivity index (χ2n) is 5.22. The van der Waals surface area contributed by atoms with Gasteiger partial charge in [0, 0.05) is 13.0 Å². The van der Waals surface area contributed by atoms with Gasteiger partial charge in [0.05, 0.1) is 6.04 Å². The summed E-state index contributed by atoms with van der Waals surface area (Å²) in [6, 6.07) is 2.55. The Kier molecular flexibility index (Phi) is 5.86. The lowest BCUT2D eigenvalue weighted by molar-refractivity contribution is -0.121. The van der Waals surface area contributed by atoms with E-state index in [1.807, 2.05) is 0 Å². The zero-order valence-electron chi connectivity index (χ0n) is 11.7. The van der Waals surface area contributed by atoms with E-state index in [2.05, 4.69) is 34.0 Å². The number of amides is 1. The first-order chi connectivity index (χ1) is 9.31. The van der Waals surface area contributed by atoms with Crippen molar-refractivity contribution in [1.82, 2.24) is 10.2 Å². The second kappa shape index (κ2) is 7.65. The molecule has 1 aliphatic heterocycles. The van der Waals surface area contributed by atoms with Gasteiger partial charge < -0.3 is 5.32 Å². The van der Waals surface area contributed by atoms with Gasteiger partial charge in [-0.2, -0.15) is 11.3 Å². The van der Waals surface area contributed by atoms with Gasteiger partial charge in [0.25, 0.3) is 0 Å². The Bertz CT molecular complexity index is 372. The summed E-state index contributed by atoms with van der Waals surface area (Å²) in [6.07, 6.45) is 5.29. The van der Waals surface area contributed by atoms with Crippen LogP contribution in [0.1, 0.15) is 50.6 Å². The minimum Gasteiger partial charge on any atom is -0.354 e. The number of rotatable bonds is 7. The molecule has 0 bridgehead atoms. The Labute approximate surface area is 120 Å². The van der Waals surface area contributed by atoms with Crippen LogP contribution >= 0.6 is 11.3 Å². The molecule has 3 nitrogen and oxygen atoms in total. The highest BCUT2D eigenvalue weighted by atomic mass is 32.1. The molecule has 1 N–H and O–H groups in total. The molecule has 4 heteroatoms. The van der Waals surface area contributed by atoms with Crippen LogP contribution in [0.2, 0.25) is 0 Å². The van der Waals surface area contributed by atoms with Crippen molar-refractivity contribution in [3.8, 4) is 0 Å². The summed E-state index contributed by atoms with van der Waals surface area (Å²) in [5, 5.41) is 7.44. The van der Waals surface area contributed by atoms with Crippen LogP contribution in [0.5, 0.6) is 0 Å². The summed E-state index contributed by atoms with van der Waals surface area (Å²) >= 11 is 1.74. The number of hydrogen-bond donors (Lipinski definition) is 1. The van der Waals surface area contributed by atoms with E-state index in [0.717, 1.165) is 32.5 Å². The Morgan fingerprint density at radius 2 is 2.26 bits per heavy atom. The minimum atomic E-state index is 0.196. The van der Waals surface area contributed by atoms with Gasteiger partial charge >= 0.3 is 0 Å². The summed E-state index contributed by atoms with van der Waals surface area (Å²) in [5.41, 5.74) is 1.35. The molecule has 1 saturated heterocycles. The molecule has 1 fully saturated rings. The Morgan fingerprint density at radius 1 is 1.47 bits per heavy atom. The van der Waals surface area contributed by atoms with Crippen LogP contribution in [0.15, 0.2) is 16.8 Å². The van der Waals surface area contributed by atoms with Crippen LogP contribution in [0.3, 0.4) is 0 Å². The molecule has 1 aliphatic rings. The van der Waals surface area contributed by atoms with Gasteiger partial charge in [0.2, 0.25) is 5.91 Å². The highest BCUT2D eigenvalue weighted by molar-refractivity contribution is 7.07. The quantitative estimate of drug-likeness (QED) is 0.832. The van der Waals surface area contributed by atoms with Gasteiger partial charge in [0.15, 0.2) is 0 Å². The smallest absolute Gasteiger partial charge is 0.220 e. The first-order valence-corrected chi connectivity index (χ1v) is 8.28. The van der Waals surface area contributed by atoms with E-state index in [4.69, 9.17) is 0 Å². The summed E-state index contributed by atoms with van der Waals surface area (Å²) in [4.78, 5) is 14.3. The average molecular weight is 280 g/mol. The molecule has 0 aliphatic carbocycles. The normalized spacial score (nSPS) is 17.5. The van der Waals surface area contributed by atoms with Gasteiger partial charge in [-0.1, -0.05) is 13.3 Å². The molecule has 106 valence electrons. The molecule has 2 heterocycles. The summed E-state index contributed by atoms with van der Waals surface area (Å²) in [6.45, 7) is 5.18. The number of unbranched alkanes of at least 4 members (excludes halogenated alkanes) is 1. The summed E-state index contributed by atoms with van der Waals surface area (Å²) < 4.78 is 0. The van der Waals surface area contributed by atoms with E-state index in [1.54, 1.807) is 11.3 Å². The molecule has 1 unspecified atom stereocenters. The molecule has 0 spiro atoms. The highest BCUT2D eigenvalue weighted by Gasteiger charge is 2.23. The molecule has 1 aromatic heterocycles. The number of carbonyl (C=O) groups is 1. The summed E-state index contributed by atoms with van der Waals surface area (Å²) in [5.74, 6) is 0.196. The lowest BCUT2D eigenvalue weighted by atomic mass is 10.1. The first-order valence-electron chi connectivity index (χ1n) is 7.34. The molecular weight excluding hydrogens is 256 g/mol. The third-order valence-corrected chi connectivity index (χ3v) is 4.46. The standard InChI is InChI=1S/C15H24N2OS/c1-2-3-6-15(18)16-11-14(13-7-10-19-12-13)17-8-4-5-9-17/h7,10,12,14H,2-6,8-9,11H2,1H3,(H,16,18).